The van der Waals surface area contributed by atoms with E-state index in [1.54, 1.807) is 34.1 Å². The van der Waals surface area contributed by atoms with Crippen LogP contribution in [0.3, 0.4) is 0 Å². The summed E-state index contributed by atoms with van der Waals surface area (Å²) in [5.74, 6) is 0.619. The van der Waals surface area contributed by atoms with Gasteiger partial charge in [-0.05, 0) is 66.8 Å². The molecule has 0 aliphatic heterocycles. The maximum absolute atomic E-state index is 13.6. The number of benzene rings is 2. The van der Waals surface area contributed by atoms with E-state index in [-0.39, 0.29) is 5.56 Å². The first-order chi connectivity index (χ1) is 14.5. The molecular weight excluding hydrogens is 479 g/mol. The molecule has 152 valence electrons. The second kappa shape index (κ2) is 8.21. The molecule has 0 atom stereocenters. The molecule has 0 unspecified atom stereocenters. The van der Waals surface area contributed by atoms with E-state index >= 15 is 0 Å². The fraction of sp³-hybridized carbons (Fsp3) is 0.182. The van der Waals surface area contributed by atoms with E-state index in [1.165, 1.54) is 22.2 Å². The quantitative estimate of drug-likeness (QED) is 0.223. The van der Waals surface area contributed by atoms with E-state index < -0.39 is 0 Å². The Labute approximate surface area is 196 Å². The van der Waals surface area contributed by atoms with Crippen LogP contribution >= 0.6 is 57.9 Å². The Hall–Kier alpha value is -1.50. The van der Waals surface area contributed by atoms with Crippen molar-refractivity contribution in [3.63, 3.8) is 0 Å². The van der Waals surface area contributed by atoms with Crippen molar-refractivity contribution < 1.29 is 0 Å². The van der Waals surface area contributed by atoms with Crippen molar-refractivity contribution in [3.8, 4) is 5.69 Å². The molecule has 0 bridgehead atoms. The first-order valence-corrected chi connectivity index (χ1v) is 12.3. The molecule has 1 aliphatic rings. The Bertz CT molecular complexity index is 1330. The molecule has 0 amide bonds. The number of hydrogen-bond donors (Lipinski definition) is 0. The molecule has 0 radical (unpaired) electrons. The van der Waals surface area contributed by atoms with Crippen molar-refractivity contribution in [2.45, 2.75) is 30.2 Å². The molecule has 0 N–H and O–H groups in total. The lowest BCUT2D eigenvalue weighted by molar-refractivity contribution is 0.820. The molecule has 2 aromatic carbocycles. The lowest BCUT2D eigenvalue weighted by Crippen LogP contribution is -2.21. The van der Waals surface area contributed by atoms with Crippen molar-refractivity contribution in [2.24, 2.45) is 0 Å². The van der Waals surface area contributed by atoms with Gasteiger partial charge < -0.3 is 0 Å². The van der Waals surface area contributed by atoms with Crippen LogP contribution < -0.4 is 5.56 Å². The predicted molar refractivity (Wildman–Crippen MR) is 128 cm³/mol. The van der Waals surface area contributed by atoms with Gasteiger partial charge >= 0.3 is 0 Å². The molecule has 3 nitrogen and oxygen atoms in total. The Balaban J connectivity index is 1.63. The second-order valence-electron chi connectivity index (χ2n) is 7.09. The van der Waals surface area contributed by atoms with Crippen molar-refractivity contribution in [1.29, 1.82) is 0 Å². The number of hydrogen-bond acceptors (Lipinski definition) is 4. The van der Waals surface area contributed by atoms with Gasteiger partial charge in [0.05, 0.1) is 21.1 Å². The molecule has 1 aliphatic carbocycles. The van der Waals surface area contributed by atoms with Crippen LogP contribution in [0.1, 0.15) is 22.4 Å². The van der Waals surface area contributed by atoms with Gasteiger partial charge in [-0.2, -0.15) is 0 Å². The van der Waals surface area contributed by atoms with Crippen LogP contribution in [-0.4, -0.2) is 9.55 Å². The van der Waals surface area contributed by atoms with Gasteiger partial charge in [0.15, 0.2) is 5.16 Å². The topological polar surface area (TPSA) is 34.9 Å². The molecule has 30 heavy (non-hydrogen) atoms. The summed E-state index contributed by atoms with van der Waals surface area (Å²) in [5, 5.41) is 3.09. The molecule has 0 saturated heterocycles. The van der Waals surface area contributed by atoms with Crippen molar-refractivity contribution in [3.05, 3.63) is 83.9 Å². The minimum absolute atomic E-state index is 0.0154. The number of aryl methyl sites for hydroxylation is 2. The zero-order valence-electron chi connectivity index (χ0n) is 15.6. The molecule has 0 saturated carbocycles. The number of rotatable bonds is 4. The Kier molecular flexibility index (Phi) is 5.58. The number of thiophene rings is 1. The lowest BCUT2D eigenvalue weighted by atomic mass is 10.2. The normalized spacial score (nSPS) is 13.2. The van der Waals surface area contributed by atoms with E-state index in [0.717, 1.165) is 40.7 Å². The zero-order valence-corrected chi connectivity index (χ0v) is 19.5. The summed E-state index contributed by atoms with van der Waals surface area (Å²) < 4.78 is 1.70. The minimum atomic E-state index is -0.0154. The third kappa shape index (κ3) is 3.67. The molecular formula is C22H15Cl3N2OS2. The van der Waals surface area contributed by atoms with Crippen LogP contribution in [-0.2, 0) is 18.6 Å². The van der Waals surface area contributed by atoms with E-state index in [1.807, 2.05) is 24.3 Å². The number of nitrogens with zero attached hydrogens (tertiary/aromatic N) is 2. The standard InChI is InChI=1S/C22H15Cl3N2OS2/c23-13-5-7-14(8-6-13)27-21(28)19-15-2-1-3-18(15)30-20(19)26-22(27)29-11-12-4-9-16(24)17(25)10-12/h4-10H,1-3,11H2. The van der Waals surface area contributed by atoms with Crippen LogP contribution in [0.4, 0.5) is 0 Å². The van der Waals surface area contributed by atoms with Gasteiger partial charge in [-0.3, -0.25) is 9.36 Å². The maximum atomic E-state index is 13.6. The fourth-order valence-corrected chi connectivity index (χ4v) is 6.42. The predicted octanol–water partition coefficient (Wildman–Crippen LogP) is 7.19. The lowest BCUT2D eigenvalue weighted by Gasteiger charge is -2.13. The average molecular weight is 494 g/mol. The smallest absolute Gasteiger partial charge is 0.267 e. The third-order valence-corrected chi connectivity index (χ3v) is 8.33. The Morgan fingerprint density at radius 1 is 1.03 bits per heavy atom. The van der Waals surface area contributed by atoms with Gasteiger partial charge in [0, 0.05) is 15.7 Å². The highest BCUT2D eigenvalue weighted by molar-refractivity contribution is 7.98. The molecule has 4 aromatic rings. The van der Waals surface area contributed by atoms with Crippen molar-refractivity contribution in [1.82, 2.24) is 9.55 Å². The molecule has 2 aromatic heterocycles. The van der Waals surface area contributed by atoms with Gasteiger partial charge in [-0.25, -0.2) is 4.98 Å². The number of aromatic nitrogens is 2. The van der Waals surface area contributed by atoms with Crippen molar-refractivity contribution in [2.75, 3.05) is 0 Å². The minimum Gasteiger partial charge on any atom is -0.268 e. The maximum Gasteiger partial charge on any atom is 0.267 e. The van der Waals surface area contributed by atoms with Crippen LogP contribution in [0.5, 0.6) is 0 Å². The molecule has 8 heteroatoms. The first-order valence-electron chi connectivity index (χ1n) is 9.41. The molecule has 0 fully saturated rings. The van der Waals surface area contributed by atoms with Crippen LogP contribution in [0.2, 0.25) is 15.1 Å². The second-order valence-corrected chi connectivity index (χ2v) is 10.4. The van der Waals surface area contributed by atoms with Gasteiger partial charge in [-0.15, -0.1) is 11.3 Å². The molecule has 5 rings (SSSR count). The zero-order chi connectivity index (χ0) is 20.8. The van der Waals surface area contributed by atoms with Gasteiger partial charge in [0.1, 0.15) is 4.83 Å². The van der Waals surface area contributed by atoms with E-state index in [0.29, 0.717) is 26.0 Å². The van der Waals surface area contributed by atoms with Crippen LogP contribution in [0.15, 0.2) is 52.4 Å². The number of halogens is 3. The first kappa shape index (κ1) is 20.4. The summed E-state index contributed by atoms with van der Waals surface area (Å²) in [4.78, 5) is 20.6. The monoisotopic (exact) mass is 492 g/mol. The largest absolute Gasteiger partial charge is 0.268 e. The highest BCUT2D eigenvalue weighted by Crippen LogP contribution is 2.36. The summed E-state index contributed by atoms with van der Waals surface area (Å²) in [6, 6.07) is 12.9. The van der Waals surface area contributed by atoms with Crippen LogP contribution in [0.25, 0.3) is 15.9 Å². The van der Waals surface area contributed by atoms with Gasteiger partial charge in [0.25, 0.3) is 5.56 Å². The average Bonchev–Trinajstić information content (AvgIpc) is 3.31. The van der Waals surface area contributed by atoms with E-state index in [9.17, 15) is 4.79 Å². The SMILES string of the molecule is O=c1c2c3c(sc2nc(SCc2ccc(Cl)c(Cl)c2)n1-c1ccc(Cl)cc1)CCC3. The number of fused-ring (bicyclic) bond motifs is 3. The van der Waals surface area contributed by atoms with E-state index in [2.05, 4.69) is 0 Å². The van der Waals surface area contributed by atoms with Crippen molar-refractivity contribution >= 4 is 68.1 Å². The summed E-state index contributed by atoms with van der Waals surface area (Å²) in [5.41, 5.74) is 2.93. The summed E-state index contributed by atoms with van der Waals surface area (Å²) in [7, 11) is 0. The molecule has 0 spiro atoms. The third-order valence-electron chi connectivity index (χ3n) is 5.14. The summed E-state index contributed by atoms with van der Waals surface area (Å²) in [6.07, 6.45) is 3.08. The van der Waals surface area contributed by atoms with Crippen LogP contribution in [0, 0.1) is 0 Å². The van der Waals surface area contributed by atoms with E-state index in [4.69, 9.17) is 39.8 Å². The highest BCUT2D eigenvalue weighted by Gasteiger charge is 2.24. The summed E-state index contributed by atoms with van der Waals surface area (Å²) in [6.45, 7) is 0. The Morgan fingerprint density at radius 3 is 2.60 bits per heavy atom. The summed E-state index contributed by atoms with van der Waals surface area (Å²) >= 11 is 21.4. The van der Waals surface area contributed by atoms with Gasteiger partial charge in [0.2, 0.25) is 0 Å². The molecule has 2 heterocycles. The fourth-order valence-electron chi connectivity index (χ4n) is 3.72. The Morgan fingerprint density at radius 2 is 1.83 bits per heavy atom. The number of thioether (sulfide) groups is 1. The highest BCUT2D eigenvalue weighted by atomic mass is 35.5. The van der Waals surface area contributed by atoms with Gasteiger partial charge in [-0.1, -0.05) is 52.6 Å².